The highest BCUT2D eigenvalue weighted by atomic mass is 16.4. The number of benzene rings is 4. The first-order valence-corrected chi connectivity index (χ1v) is 16.8. The summed E-state index contributed by atoms with van der Waals surface area (Å²) in [7, 11) is 1.99. The predicted octanol–water partition coefficient (Wildman–Crippen LogP) is 5.41. The van der Waals surface area contributed by atoms with Gasteiger partial charge in [0.2, 0.25) is 0 Å². The minimum atomic E-state index is -1.79. The van der Waals surface area contributed by atoms with Gasteiger partial charge in [-0.15, -0.1) is 0 Å². The highest BCUT2D eigenvalue weighted by Gasteiger charge is 2.69. The molecule has 4 aromatic carbocycles. The molecule has 0 spiro atoms. The van der Waals surface area contributed by atoms with Crippen LogP contribution in [0.4, 0.5) is 0 Å². The topological polar surface area (TPSA) is 116 Å². The standard InChI is InChI=1S/C40H40N4O5/c1-27-39(37(46)47,35-24-41-26-43(35)18-17-30-12-7-11-28-9-3-5-14-32(28)30)23-31(25-45)36(34-16-8-13-29-10-4-6-15-33(29)34)40(27,38(48)49)44-21-19-42(2)20-22-44/h3-16,24,26-27,36H,17-23H2,1-2H3,(H,46,47)(H,48,49). The first-order valence-electron chi connectivity index (χ1n) is 16.8. The van der Waals surface area contributed by atoms with Gasteiger partial charge in [0.1, 0.15) is 16.9 Å². The summed E-state index contributed by atoms with van der Waals surface area (Å²) in [6.45, 7) is 4.18. The molecule has 2 heterocycles. The molecule has 4 atom stereocenters. The Bertz CT molecular complexity index is 2100. The number of carboxylic acids is 2. The van der Waals surface area contributed by atoms with E-state index in [0.717, 1.165) is 27.1 Å². The van der Waals surface area contributed by atoms with E-state index < -0.39 is 34.7 Å². The number of carbonyl (C=O) groups excluding carboxylic acids is 1. The zero-order chi connectivity index (χ0) is 34.3. The van der Waals surface area contributed by atoms with Gasteiger partial charge >= 0.3 is 11.9 Å². The van der Waals surface area contributed by atoms with Crippen molar-refractivity contribution in [3.63, 3.8) is 0 Å². The molecule has 250 valence electrons. The van der Waals surface area contributed by atoms with Crippen LogP contribution < -0.4 is 0 Å². The molecule has 4 unspecified atom stereocenters. The monoisotopic (exact) mass is 656 g/mol. The molecule has 0 amide bonds. The van der Waals surface area contributed by atoms with Crippen LogP contribution in [-0.2, 0) is 32.8 Å². The minimum Gasteiger partial charge on any atom is -0.481 e. The fraction of sp³-hybridized carbons (Fsp3) is 0.325. The number of carboxylic acid groups (broad SMARTS) is 2. The summed E-state index contributed by atoms with van der Waals surface area (Å²) < 4.78 is 1.84. The molecule has 1 saturated carbocycles. The van der Waals surface area contributed by atoms with Crippen molar-refractivity contribution in [3.05, 3.63) is 120 Å². The van der Waals surface area contributed by atoms with Crippen LogP contribution in [0.25, 0.3) is 21.5 Å². The molecule has 49 heavy (non-hydrogen) atoms. The third kappa shape index (κ3) is 5.08. The van der Waals surface area contributed by atoms with E-state index >= 15 is 0 Å². The molecule has 2 aliphatic rings. The maximum absolute atomic E-state index is 14.2. The normalized spacial score (nSPS) is 25.0. The SMILES string of the molecule is CC1C(C(=O)O)(c2cncn2CCc2cccc3ccccc23)CC(=C=O)C(c2cccc3ccccc23)C1(C(=O)O)N1CCN(C)CC1. The van der Waals surface area contributed by atoms with Crippen molar-refractivity contribution in [2.75, 3.05) is 33.2 Å². The van der Waals surface area contributed by atoms with Crippen molar-refractivity contribution in [3.8, 4) is 0 Å². The van der Waals surface area contributed by atoms with E-state index in [1.54, 1.807) is 19.4 Å². The number of nitrogens with zero attached hydrogens (tertiary/aromatic N) is 4. The van der Waals surface area contributed by atoms with Crippen LogP contribution in [0.15, 0.2) is 103 Å². The molecule has 0 bridgehead atoms. The van der Waals surface area contributed by atoms with Gasteiger partial charge in [-0.2, -0.15) is 0 Å². The van der Waals surface area contributed by atoms with Gasteiger partial charge in [-0.05, 0) is 46.1 Å². The summed E-state index contributed by atoms with van der Waals surface area (Å²) in [5, 5.41) is 27.0. The lowest BCUT2D eigenvalue weighted by Crippen LogP contribution is -2.72. The minimum absolute atomic E-state index is 0.139. The first kappa shape index (κ1) is 32.5. The second kappa shape index (κ2) is 12.7. The largest absolute Gasteiger partial charge is 0.481 e. The van der Waals surface area contributed by atoms with Crippen LogP contribution in [-0.4, -0.2) is 86.2 Å². The summed E-state index contributed by atoms with van der Waals surface area (Å²) >= 11 is 0. The summed E-state index contributed by atoms with van der Waals surface area (Å²) in [5.41, 5.74) is -1.25. The van der Waals surface area contributed by atoms with Crippen LogP contribution in [0.2, 0.25) is 0 Å². The molecule has 5 aromatic rings. The van der Waals surface area contributed by atoms with Crippen molar-refractivity contribution in [1.29, 1.82) is 0 Å². The molecule has 1 aliphatic heterocycles. The average molecular weight is 657 g/mol. The summed E-state index contributed by atoms with van der Waals surface area (Å²) in [6, 6.07) is 27.7. The molecule has 9 heteroatoms. The van der Waals surface area contributed by atoms with Crippen molar-refractivity contribution in [2.24, 2.45) is 5.92 Å². The van der Waals surface area contributed by atoms with E-state index in [9.17, 15) is 24.6 Å². The molecule has 2 N–H and O–H groups in total. The van der Waals surface area contributed by atoms with Crippen molar-refractivity contribution < 1.29 is 24.6 Å². The molecule has 2 fully saturated rings. The predicted molar refractivity (Wildman–Crippen MR) is 188 cm³/mol. The molecule has 7 rings (SSSR count). The number of hydrogen-bond donors (Lipinski definition) is 2. The van der Waals surface area contributed by atoms with Gasteiger partial charge < -0.3 is 19.7 Å². The van der Waals surface area contributed by atoms with Crippen LogP contribution in [0.1, 0.15) is 36.1 Å². The summed E-state index contributed by atoms with van der Waals surface area (Å²) in [6.07, 6.45) is 3.58. The molecule has 1 aromatic heterocycles. The Morgan fingerprint density at radius 2 is 1.49 bits per heavy atom. The van der Waals surface area contributed by atoms with Crippen molar-refractivity contribution in [2.45, 2.75) is 43.2 Å². The lowest BCUT2D eigenvalue weighted by atomic mass is 9.50. The highest BCUT2D eigenvalue weighted by Crippen LogP contribution is 2.59. The zero-order valence-electron chi connectivity index (χ0n) is 27.8. The molecular weight excluding hydrogens is 616 g/mol. The molecule has 1 aliphatic carbocycles. The first-order chi connectivity index (χ1) is 23.7. The number of carbonyl (C=O) groups is 2. The Morgan fingerprint density at radius 3 is 2.16 bits per heavy atom. The van der Waals surface area contributed by atoms with Crippen LogP contribution in [0, 0.1) is 5.92 Å². The number of hydrogen-bond acceptors (Lipinski definition) is 6. The Hall–Kier alpha value is -5.08. The molecule has 0 radical (unpaired) electrons. The maximum atomic E-state index is 14.2. The van der Waals surface area contributed by atoms with Gasteiger partial charge in [0.25, 0.3) is 0 Å². The summed E-state index contributed by atoms with van der Waals surface area (Å²) in [5.74, 6) is -2.13. The number of piperazine rings is 1. The quantitative estimate of drug-likeness (QED) is 0.213. The third-order valence-electron chi connectivity index (χ3n) is 11.3. The number of aliphatic carboxylic acids is 2. The van der Waals surface area contributed by atoms with Crippen LogP contribution in [0.3, 0.4) is 0 Å². The Kier molecular flexibility index (Phi) is 8.45. The zero-order valence-corrected chi connectivity index (χ0v) is 27.8. The van der Waals surface area contributed by atoms with Gasteiger partial charge in [-0.25, -0.2) is 9.78 Å². The molecule has 1 saturated heterocycles. The smallest absolute Gasteiger partial charge is 0.325 e. The molecular formula is C40H40N4O5. The van der Waals surface area contributed by atoms with E-state index in [-0.39, 0.29) is 12.0 Å². The van der Waals surface area contributed by atoms with Crippen molar-refractivity contribution in [1.82, 2.24) is 19.4 Å². The van der Waals surface area contributed by atoms with Crippen molar-refractivity contribution >= 4 is 39.4 Å². The lowest BCUT2D eigenvalue weighted by Gasteiger charge is -2.58. The van der Waals surface area contributed by atoms with Crippen LogP contribution in [0.5, 0.6) is 0 Å². The van der Waals surface area contributed by atoms with E-state index in [0.29, 0.717) is 50.4 Å². The van der Waals surface area contributed by atoms with Gasteiger partial charge in [-0.1, -0.05) is 91.9 Å². The van der Waals surface area contributed by atoms with Crippen LogP contribution >= 0.6 is 0 Å². The summed E-state index contributed by atoms with van der Waals surface area (Å²) in [4.78, 5) is 49.9. The number of aryl methyl sites for hydroxylation is 2. The number of likely N-dealkylation sites (N-methyl/N-ethyl adjacent to an activating group) is 1. The Labute approximate surface area is 285 Å². The number of rotatable bonds is 8. The van der Waals surface area contributed by atoms with Gasteiger partial charge in [0.15, 0.2) is 0 Å². The average Bonchev–Trinajstić information content (AvgIpc) is 3.59. The van der Waals surface area contributed by atoms with E-state index in [2.05, 4.69) is 40.1 Å². The number of fused-ring (bicyclic) bond motifs is 2. The Morgan fingerprint density at radius 1 is 0.857 bits per heavy atom. The number of imidazole rings is 1. The lowest BCUT2D eigenvalue weighted by molar-refractivity contribution is -0.170. The van der Waals surface area contributed by atoms with Gasteiger partial charge in [-0.3, -0.25) is 14.5 Å². The van der Waals surface area contributed by atoms with Gasteiger partial charge in [0, 0.05) is 62.8 Å². The fourth-order valence-electron chi connectivity index (χ4n) is 8.85. The van der Waals surface area contributed by atoms with E-state index in [4.69, 9.17) is 0 Å². The molecule has 9 nitrogen and oxygen atoms in total. The highest BCUT2D eigenvalue weighted by molar-refractivity contribution is 5.94. The van der Waals surface area contributed by atoms with E-state index in [1.807, 2.05) is 77.2 Å². The maximum Gasteiger partial charge on any atom is 0.325 e. The number of aromatic nitrogens is 2. The second-order valence-electron chi connectivity index (χ2n) is 13.6. The fourth-order valence-corrected chi connectivity index (χ4v) is 8.85. The van der Waals surface area contributed by atoms with E-state index in [1.165, 1.54) is 0 Å². The van der Waals surface area contributed by atoms with Gasteiger partial charge in [0.05, 0.1) is 12.0 Å². The third-order valence-corrected chi connectivity index (χ3v) is 11.3. The Balaban J connectivity index is 1.41. The second-order valence-corrected chi connectivity index (χ2v) is 13.6.